The second-order valence-corrected chi connectivity index (χ2v) is 6.38. The first-order valence-corrected chi connectivity index (χ1v) is 7.48. The smallest absolute Gasteiger partial charge is 0.257 e. The Kier molecular flexibility index (Phi) is 4.45. The minimum atomic E-state index is -0.00601. The standard InChI is InChI=1S/C14H20BrN3O/c1-9(2)10-3-5-18(6-4-10)14(19)12-7-11(15)8-17-13(12)16/h7-10H,3-6H2,1-2H3,(H2,16,17). The number of halogens is 1. The monoisotopic (exact) mass is 325 g/mol. The average molecular weight is 326 g/mol. The number of carbonyl (C=O) groups is 1. The quantitative estimate of drug-likeness (QED) is 0.909. The number of nitrogens with zero attached hydrogens (tertiary/aromatic N) is 2. The van der Waals surface area contributed by atoms with Gasteiger partial charge in [0.25, 0.3) is 5.91 Å². The van der Waals surface area contributed by atoms with Crippen molar-refractivity contribution in [3.05, 3.63) is 22.3 Å². The van der Waals surface area contributed by atoms with Crippen molar-refractivity contribution in [1.82, 2.24) is 9.88 Å². The summed E-state index contributed by atoms with van der Waals surface area (Å²) < 4.78 is 0.780. The zero-order valence-electron chi connectivity index (χ0n) is 11.4. The number of nitrogens with two attached hydrogens (primary N) is 1. The predicted octanol–water partition coefficient (Wildman–Crippen LogP) is 2.93. The summed E-state index contributed by atoms with van der Waals surface area (Å²) in [5.41, 5.74) is 6.29. The number of hydrogen-bond acceptors (Lipinski definition) is 3. The summed E-state index contributed by atoms with van der Waals surface area (Å²) in [6.45, 7) is 6.12. The van der Waals surface area contributed by atoms with Crippen molar-refractivity contribution >= 4 is 27.7 Å². The minimum absolute atomic E-state index is 0.00601. The molecule has 1 aliphatic rings. The van der Waals surface area contributed by atoms with E-state index in [4.69, 9.17) is 5.73 Å². The summed E-state index contributed by atoms with van der Waals surface area (Å²) in [4.78, 5) is 18.3. The molecule has 1 aliphatic heterocycles. The van der Waals surface area contributed by atoms with Crippen LogP contribution in [0, 0.1) is 11.8 Å². The first kappa shape index (κ1) is 14.3. The SMILES string of the molecule is CC(C)C1CCN(C(=O)c2cc(Br)cnc2N)CC1. The molecule has 2 N–H and O–H groups in total. The molecule has 0 spiro atoms. The van der Waals surface area contributed by atoms with Gasteiger partial charge in [0, 0.05) is 23.8 Å². The Bertz CT molecular complexity index is 468. The van der Waals surface area contributed by atoms with Gasteiger partial charge in [-0.2, -0.15) is 0 Å². The van der Waals surface area contributed by atoms with E-state index in [2.05, 4.69) is 34.8 Å². The zero-order valence-corrected chi connectivity index (χ0v) is 13.0. The highest BCUT2D eigenvalue weighted by Gasteiger charge is 2.26. The average Bonchev–Trinajstić information content (AvgIpc) is 2.41. The lowest BCUT2D eigenvalue weighted by Crippen LogP contribution is -2.39. The van der Waals surface area contributed by atoms with Crippen molar-refractivity contribution in [2.75, 3.05) is 18.8 Å². The zero-order chi connectivity index (χ0) is 14.0. The molecule has 0 atom stereocenters. The van der Waals surface area contributed by atoms with Crippen molar-refractivity contribution in [2.45, 2.75) is 26.7 Å². The Hall–Kier alpha value is -1.10. The van der Waals surface area contributed by atoms with Gasteiger partial charge in [0.1, 0.15) is 5.82 Å². The molecule has 1 fully saturated rings. The molecule has 1 saturated heterocycles. The second-order valence-electron chi connectivity index (χ2n) is 5.46. The van der Waals surface area contributed by atoms with Crippen molar-refractivity contribution in [3.8, 4) is 0 Å². The number of hydrogen-bond donors (Lipinski definition) is 1. The summed E-state index contributed by atoms with van der Waals surface area (Å²) in [5, 5.41) is 0. The van der Waals surface area contributed by atoms with Crippen LogP contribution < -0.4 is 5.73 Å². The molecule has 0 aliphatic carbocycles. The Morgan fingerprint density at radius 1 is 1.47 bits per heavy atom. The summed E-state index contributed by atoms with van der Waals surface area (Å²) in [6.07, 6.45) is 3.76. The van der Waals surface area contributed by atoms with E-state index in [1.807, 2.05) is 4.90 Å². The third-order valence-electron chi connectivity index (χ3n) is 3.89. The van der Waals surface area contributed by atoms with Crippen molar-refractivity contribution in [3.63, 3.8) is 0 Å². The summed E-state index contributed by atoms with van der Waals surface area (Å²) in [7, 11) is 0. The van der Waals surface area contributed by atoms with E-state index in [9.17, 15) is 4.79 Å². The van der Waals surface area contributed by atoms with Crippen LogP contribution in [0.25, 0.3) is 0 Å². The van der Waals surface area contributed by atoms with Crippen LogP contribution in [-0.2, 0) is 0 Å². The molecule has 2 heterocycles. The minimum Gasteiger partial charge on any atom is -0.383 e. The van der Waals surface area contributed by atoms with Gasteiger partial charge in [0.05, 0.1) is 5.56 Å². The van der Waals surface area contributed by atoms with Gasteiger partial charge in [-0.1, -0.05) is 13.8 Å². The van der Waals surface area contributed by atoms with E-state index in [1.165, 1.54) is 0 Å². The van der Waals surface area contributed by atoms with Gasteiger partial charge < -0.3 is 10.6 Å². The largest absolute Gasteiger partial charge is 0.383 e. The molecular weight excluding hydrogens is 306 g/mol. The van der Waals surface area contributed by atoms with Crippen molar-refractivity contribution < 1.29 is 4.79 Å². The van der Waals surface area contributed by atoms with Gasteiger partial charge in [-0.15, -0.1) is 0 Å². The van der Waals surface area contributed by atoms with Crippen LogP contribution in [0.1, 0.15) is 37.0 Å². The number of carbonyl (C=O) groups excluding carboxylic acids is 1. The first-order valence-electron chi connectivity index (χ1n) is 6.69. The maximum absolute atomic E-state index is 12.4. The lowest BCUT2D eigenvalue weighted by molar-refractivity contribution is 0.0668. The topological polar surface area (TPSA) is 59.2 Å². The molecule has 0 radical (unpaired) electrons. The molecule has 1 amide bonds. The van der Waals surface area contributed by atoms with Crippen molar-refractivity contribution in [2.24, 2.45) is 11.8 Å². The fourth-order valence-electron chi connectivity index (χ4n) is 2.56. The van der Waals surface area contributed by atoms with Crippen LogP contribution >= 0.6 is 15.9 Å². The first-order chi connectivity index (χ1) is 8.99. The summed E-state index contributed by atoms with van der Waals surface area (Å²) in [5.74, 6) is 1.71. The Morgan fingerprint density at radius 2 is 2.11 bits per heavy atom. The van der Waals surface area contributed by atoms with Crippen LogP contribution in [0.5, 0.6) is 0 Å². The number of likely N-dealkylation sites (tertiary alicyclic amines) is 1. The molecule has 5 heteroatoms. The van der Waals surface area contributed by atoms with Crippen LogP contribution in [0.4, 0.5) is 5.82 Å². The maximum Gasteiger partial charge on any atom is 0.257 e. The Morgan fingerprint density at radius 3 is 2.68 bits per heavy atom. The van der Waals surface area contributed by atoms with Gasteiger partial charge in [0.15, 0.2) is 0 Å². The summed E-state index contributed by atoms with van der Waals surface area (Å²) in [6, 6.07) is 1.75. The molecule has 1 aromatic heterocycles. The van der Waals surface area contributed by atoms with Gasteiger partial charge in [0.2, 0.25) is 0 Å². The van der Waals surface area contributed by atoms with E-state index < -0.39 is 0 Å². The number of anilines is 1. The molecule has 4 nitrogen and oxygen atoms in total. The van der Waals surface area contributed by atoms with Crippen LogP contribution in [-0.4, -0.2) is 28.9 Å². The lowest BCUT2D eigenvalue weighted by atomic mass is 9.86. The third kappa shape index (κ3) is 3.26. The number of amides is 1. The van der Waals surface area contributed by atoms with Crippen LogP contribution in [0.15, 0.2) is 16.7 Å². The molecule has 0 saturated carbocycles. The molecule has 2 rings (SSSR count). The molecular formula is C14H20BrN3O. The number of rotatable bonds is 2. The van der Waals surface area contributed by atoms with Crippen LogP contribution in [0.2, 0.25) is 0 Å². The number of piperidine rings is 1. The fraction of sp³-hybridized carbons (Fsp3) is 0.571. The number of pyridine rings is 1. The highest BCUT2D eigenvalue weighted by Crippen LogP contribution is 2.26. The highest BCUT2D eigenvalue weighted by molar-refractivity contribution is 9.10. The normalized spacial score (nSPS) is 16.9. The van der Waals surface area contributed by atoms with E-state index in [-0.39, 0.29) is 5.91 Å². The Labute approximate surface area is 122 Å². The lowest BCUT2D eigenvalue weighted by Gasteiger charge is -2.34. The fourth-order valence-corrected chi connectivity index (χ4v) is 2.89. The molecule has 19 heavy (non-hydrogen) atoms. The van der Waals surface area contributed by atoms with E-state index in [1.54, 1.807) is 12.3 Å². The molecule has 1 aromatic rings. The second kappa shape index (κ2) is 5.90. The van der Waals surface area contributed by atoms with E-state index in [0.717, 1.165) is 36.3 Å². The highest BCUT2D eigenvalue weighted by atomic mass is 79.9. The predicted molar refractivity (Wildman–Crippen MR) is 79.8 cm³/mol. The molecule has 104 valence electrons. The number of aromatic nitrogens is 1. The van der Waals surface area contributed by atoms with Crippen molar-refractivity contribution in [1.29, 1.82) is 0 Å². The van der Waals surface area contributed by atoms with Gasteiger partial charge in [-0.3, -0.25) is 4.79 Å². The maximum atomic E-state index is 12.4. The third-order valence-corrected chi connectivity index (χ3v) is 4.32. The van der Waals surface area contributed by atoms with Gasteiger partial charge in [-0.05, 0) is 46.7 Å². The van der Waals surface area contributed by atoms with E-state index >= 15 is 0 Å². The summed E-state index contributed by atoms with van der Waals surface area (Å²) >= 11 is 3.33. The molecule has 0 aromatic carbocycles. The van der Waals surface area contributed by atoms with Gasteiger partial charge >= 0.3 is 0 Å². The molecule has 0 unspecified atom stereocenters. The van der Waals surface area contributed by atoms with Crippen LogP contribution in [0.3, 0.4) is 0 Å². The Balaban J connectivity index is 2.07. The number of nitrogen functional groups attached to an aromatic ring is 1. The molecule has 0 bridgehead atoms. The van der Waals surface area contributed by atoms with E-state index in [0.29, 0.717) is 17.3 Å². The van der Waals surface area contributed by atoms with Gasteiger partial charge in [-0.25, -0.2) is 4.98 Å².